The van der Waals surface area contributed by atoms with E-state index < -0.39 is 12.0 Å². The van der Waals surface area contributed by atoms with Gasteiger partial charge in [-0.1, -0.05) is 6.07 Å². The van der Waals surface area contributed by atoms with Gasteiger partial charge in [-0.3, -0.25) is 0 Å². The Morgan fingerprint density at radius 1 is 1.29 bits per heavy atom. The Hall–Kier alpha value is -3.29. The van der Waals surface area contributed by atoms with Crippen LogP contribution in [0.25, 0.3) is 0 Å². The molecule has 0 radical (unpaired) electrons. The van der Waals surface area contributed by atoms with Crippen molar-refractivity contribution in [2.24, 2.45) is 0 Å². The first-order chi connectivity index (χ1) is 17.1. The molecule has 0 aliphatic carbocycles. The summed E-state index contributed by atoms with van der Waals surface area (Å²) in [6.07, 6.45) is 8.30. The molecule has 10 heteroatoms. The van der Waals surface area contributed by atoms with Gasteiger partial charge in [0, 0.05) is 31.9 Å². The summed E-state index contributed by atoms with van der Waals surface area (Å²) in [5, 5.41) is 24.8. The molecule has 0 saturated heterocycles. The van der Waals surface area contributed by atoms with Crippen LogP contribution in [0.4, 0.5) is 11.8 Å². The van der Waals surface area contributed by atoms with Crippen molar-refractivity contribution in [3.05, 3.63) is 41.3 Å². The summed E-state index contributed by atoms with van der Waals surface area (Å²) in [5.41, 5.74) is 2.73. The number of aliphatic carboxylic acids is 1. The number of pyridine rings is 1. The fourth-order valence-electron chi connectivity index (χ4n) is 4.01. The monoisotopic (exact) mass is 481 g/mol. The number of carbonyl (C=O) groups is 1. The third-order valence-electron chi connectivity index (χ3n) is 5.98. The summed E-state index contributed by atoms with van der Waals surface area (Å²) >= 11 is 0. The largest absolute Gasteiger partial charge is 0.480 e. The molecule has 0 saturated carbocycles. The predicted molar refractivity (Wildman–Crippen MR) is 133 cm³/mol. The molecule has 35 heavy (non-hydrogen) atoms. The van der Waals surface area contributed by atoms with Gasteiger partial charge in [0.1, 0.15) is 17.9 Å². The van der Waals surface area contributed by atoms with E-state index in [1.807, 2.05) is 13.0 Å². The summed E-state index contributed by atoms with van der Waals surface area (Å²) in [4.78, 5) is 26.9. The van der Waals surface area contributed by atoms with Gasteiger partial charge < -0.3 is 25.4 Å². The van der Waals surface area contributed by atoms with Gasteiger partial charge >= 0.3 is 5.97 Å². The van der Waals surface area contributed by atoms with Crippen LogP contribution in [0.2, 0.25) is 0 Å². The Labute approximate surface area is 206 Å². The quantitative estimate of drug-likeness (QED) is 0.326. The zero-order chi connectivity index (χ0) is 24.9. The average molecular weight is 482 g/mol. The minimum atomic E-state index is -0.963. The number of ether oxygens (including phenoxy) is 1. The van der Waals surface area contributed by atoms with Gasteiger partial charge in [0.25, 0.3) is 0 Å². The maximum absolute atomic E-state index is 11.8. The molecule has 0 aromatic carbocycles. The first-order valence-electron chi connectivity index (χ1n) is 12.3. The predicted octanol–water partition coefficient (Wildman–Crippen LogP) is 2.72. The van der Waals surface area contributed by atoms with Crippen LogP contribution < -0.4 is 10.6 Å². The van der Waals surface area contributed by atoms with Crippen molar-refractivity contribution in [1.29, 1.82) is 5.26 Å². The number of aromatic nitrogens is 3. The highest BCUT2D eigenvalue weighted by Gasteiger charge is 2.20. The van der Waals surface area contributed by atoms with Crippen molar-refractivity contribution < 1.29 is 14.6 Å². The molecule has 0 spiro atoms. The highest BCUT2D eigenvalue weighted by molar-refractivity contribution is 5.76. The molecule has 2 aromatic rings. The number of fused-ring (bicyclic) bond motifs is 1. The number of carboxylic acid groups (broad SMARTS) is 1. The summed E-state index contributed by atoms with van der Waals surface area (Å²) in [7, 11) is 0. The molecule has 3 rings (SSSR count). The molecule has 0 amide bonds. The summed E-state index contributed by atoms with van der Waals surface area (Å²) in [6, 6.07) is 5.44. The highest BCUT2D eigenvalue weighted by Crippen LogP contribution is 2.20. The first-order valence-corrected chi connectivity index (χ1v) is 12.3. The maximum Gasteiger partial charge on any atom is 0.326 e. The minimum absolute atomic E-state index is 0.198. The molecule has 0 bridgehead atoms. The van der Waals surface area contributed by atoms with Crippen LogP contribution in [0.1, 0.15) is 49.4 Å². The van der Waals surface area contributed by atoms with Crippen molar-refractivity contribution in [3.8, 4) is 6.07 Å². The number of carboxylic acids is 1. The summed E-state index contributed by atoms with van der Waals surface area (Å²) in [6.45, 7) is 6.42. The van der Waals surface area contributed by atoms with Gasteiger partial charge in [-0.15, -0.1) is 0 Å². The molecule has 188 valence electrons. The molecule has 0 fully saturated rings. The number of aryl methyl sites for hydroxylation is 2. The Bertz CT molecular complexity index is 978. The van der Waals surface area contributed by atoms with Crippen LogP contribution in [-0.4, -0.2) is 76.4 Å². The second kappa shape index (κ2) is 14.2. The third kappa shape index (κ3) is 8.77. The van der Waals surface area contributed by atoms with E-state index in [0.717, 1.165) is 63.3 Å². The number of hydrogen-bond acceptors (Lipinski definition) is 9. The number of hydrogen-bond donors (Lipinski definition) is 3. The lowest BCUT2D eigenvalue weighted by Gasteiger charge is -2.24. The SMILES string of the molecule is CCOCCN(CCCCc1ccc2c(n1)NCCC2)CC[C@H](Nc1ncc(C#N)cn1)C(=O)O. The minimum Gasteiger partial charge on any atom is -0.480 e. The van der Waals surface area contributed by atoms with Crippen LogP contribution in [-0.2, 0) is 22.4 Å². The average Bonchev–Trinajstić information content (AvgIpc) is 2.88. The van der Waals surface area contributed by atoms with Crippen LogP contribution in [0.5, 0.6) is 0 Å². The van der Waals surface area contributed by atoms with E-state index in [1.54, 1.807) is 0 Å². The lowest BCUT2D eigenvalue weighted by molar-refractivity contribution is -0.138. The molecule has 1 atom stereocenters. The molecule has 1 aliphatic rings. The molecule has 3 N–H and O–H groups in total. The van der Waals surface area contributed by atoms with E-state index in [2.05, 4.69) is 37.6 Å². The molecule has 3 heterocycles. The van der Waals surface area contributed by atoms with Crippen LogP contribution >= 0.6 is 0 Å². The zero-order valence-electron chi connectivity index (χ0n) is 20.4. The van der Waals surface area contributed by atoms with Crippen molar-refractivity contribution in [2.75, 3.05) is 50.0 Å². The molecule has 2 aromatic heterocycles. The Morgan fingerprint density at radius 3 is 2.86 bits per heavy atom. The molecular weight excluding hydrogens is 446 g/mol. The number of unbranched alkanes of at least 4 members (excludes halogenated alkanes) is 1. The second-order valence-electron chi connectivity index (χ2n) is 8.57. The number of rotatable bonds is 15. The molecule has 10 nitrogen and oxygen atoms in total. The van der Waals surface area contributed by atoms with Crippen molar-refractivity contribution in [2.45, 2.75) is 51.5 Å². The summed E-state index contributed by atoms with van der Waals surface area (Å²) < 4.78 is 5.53. The van der Waals surface area contributed by atoms with E-state index in [4.69, 9.17) is 15.0 Å². The number of nitriles is 1. The smallest absolute Gasteiger partial charge is 0.326 e. The van der Waals surface area contributed by atoms with Gasteiger partial charge in [-0.2, -0.15) is 5.26 Å². The third-order valence-corrected chi connectivity index (χ3v) is 5.98. The standard InChI is InChI=1S/C25H35N7O3/c1-2-35-15-14-32(12-4-3-7-21-9-8-20-6-5-11-27-23(20)30-21)13-10-22(24(33)34)31-25-28-17-19(16-26)18-29-25/h8-9,17-18,22H,2-7,10-15H2,1H3,(H,27,30)(H,33,34)(H,28,29,31)/t22-/m0/s1. The van der Waals surface area contributed by atoms with Crippen LogP contribution in [0.3, 0.4) is 0 Å². The lowest BCUT2D eigenvalue weighted by atomic mass is 10.1. The van der Waals surface area contributed by atoms with E-state index in [0.29, 0.717) is 31.7 Å². The number of anilines is 2. The fraction of sp³-hybridized carbons (Fsp3) is 0.560. The Morgan fingerprint density at radius 2 is 2.11 bits per heavy atom. The van der Waals surface area contributed by atoms with Gasteiger partial charge in [0.15, 0.2) is 0 Å². The Balaban J connectivity index is 1.48. The van der Waals surface area contributed by atoms with Crippen molar-refractivity contribution >= 4 is 17.7 Å². The normalized spacial score (nSPS) is 13.5. The zero-order valence-corrected chi connectivity index (χ0v) is 20.4. The maximum atomic E-state index is 11.8. The van der Waals surface area contributed by atoms with E-state index in [-0.39, 0.29) is 5.95 Å². The number of nitrogens with one attached hydrogen (secondary N) is 2. The van der Waals surface area contributed by atoms with Gasteiger partial charge in [0.05, 0.1) is 24.6 Å². The topological polar surface area (TPSA) is 136 Å². The summed E-state index contributed by atoms with van der Waals surface area (Å²) in [5.74, 6) is 0.268. The fourth-order valence-corrected chi connectivity index (χ4v) is 4.01. The second-order valence-corrected chi connectivity index (χ2v) is 8.57. The van der Waals surface area contributed by atoms with E-state index in [9.17, 15) is 9.90 Å². The highest BCUT2D eigenvalue weighted by atomic mass is 16.5. The number of nitrogens with zero attached hydrogens (tertiary/aromatic N) is 5. The van der Waals surface area contributed by atoms with Gasteiger partial charge in [-0.05, 0) is 63.6 Å². The van der Waals surface area contributed by atoms with Gasteiger partial charge in [0.2, 0.25) is 5.95 Å². The first kappa shape index (κ1) is 26.3. The van der Waals surface area contributed by atoms with Crippen LogP contribution in [0, 0.1) is 11.3 Å². The lowest BCUT2D eigenvalue weighted by Crippen LogP contribution is -2.37. The van der Waals surface area contributed by atoms with Crippen LogP contribution in [0.15, 0.2) is 24.5 Å². The van der Waals surface area contributed by atoms with E-state index in [1.165, 1.54) is 18.0 Å². The Kier molecular flexibility index (Phi) is 10.7. The van der Waals surface area contributed by atoms with Gasteiger partial charge in [-0.25, -0.2) is 19.7 Å². The van der Waals surface area contributed by atoms with Crippen molar-refractivity contribution in [3.63, 3.8) is 0 Å². The molecular formula is C25H35N7O3. The van der Waals surface area contributed by atoms with E-state index >= 15 is 0 Å². The molecule has 1 aliphatic heterocycles. The van der Waals surface area contributed by atoms with Crippen molar-refractivity contribution in [1.82, 2.24) is 19.9 Å². The molecule has 0 unspecified atom stereocenters.